The summed E-state index contributed by atoms with van der Waals surface area (Å²) in [5.74, 6) is 0. The molecular weight excluding hydrogens is 381 g/mol. The normalized spacial score (nSPS) is 13.2. The van der Waals surface area contributed by atoms with Gasteiger partial charge in [0, 0.05) is 10.8 Å². The molecular formula is C20H24IN. The highest BCUT2D eigenvalue weighted by molar-refractivity contribution is 14.1. The molecule has 0 spiro atoms. The van der Waals surface area contributed by atoms with Gasteiger partial charge in [0.2, 0.25) is 0 Å². The van der Waals surface area contributed by atoms with E-state index in [1.165, 1.54) is 32.9 Å². The molecule has 3 aromatic rings. The molecule has 0 aliphatic carbocycles. The summed E-state index contributed by atoms with van der Waals surface area (Å²) < 4.78 is 2.31. The minimum absolute atomic E-state index is 0.134. The van der Waals surface area contributed by atoms with Crippen molar-refractivity contribution in [2.24, 2.45) is 0 Å². The summed E-state index contributed by atoms with van der Waals surface area (Å²) in [7, 11) is 0. The van der Waals surface area contributed by atoms with Gasteiger partial charge in [0.15, 0.2) is 0 Å². The highest BCUT2D eigenvalue weighted by Crippen LogP contribution is 2.42. The standard InChI is InChI=1S/C20H24IN/c1-19(2,3)13-9-7-11-15-17(13)18-14(20(4,5)6)10-8-12-16(18)22(15)21/h7-12H,1-6H3. The summed E-state index contributed by atoms with van der Waals surface area (Å²) in [4.78, 5) is 0. The molecule has 0 N–H and O–H groups in total. The van der Waals surface area contributed by atoms with Gasteiger partial charge in [-0.15, -0.1) is 0 Å². The zero-order valence-corrected chi connectivity index (χ0v) is 16.4. The van der Waals surface area contributed by atoms with Crippen molar-refractivity contribution in [1.29, 1.82) is 0 Å². The molecule has 2 aromatic carbocycles. The maximum absolute atomic E-state index is 2.44. The second kappa shape index (κ2) is 4.98. The molecule has 0 bridgehead atoms. The zero-order chi connectivity index (χ0) is 16.3. The van der Waals surface area contributed by atoms with Gasteiger partial charge in [-0.25, -0.2) is 0 Å². The van der Waals surface area contributed by atoms with E-state index in [9.17, 15) is 0 Å². The third-order valence-electron chi connectivity index (χ3n) is 4.37. The third-order valence-corrected chi connectivity index (χ3v) is 5.41. The number of halogens is 1. The number of aromatic nitrogens is 1. The predicted molar refractivity (Wildman–Crippen MR) is 106 cm³/mol. The number of fused-ring (bicyclic) bond motifs is 3. The fourth-order valence-corrected chi connectivity index (χ4v) is 4.12. The Morgan fingerprint density at radius 3 is 1.36 bits per heavy atom. The van der Waals surface area contributed by atoms with Gasteiger partial charge in [0.1, 0.15) is 0 Å². The van der Waals surface area contributed by atoms with Gasteiger partial charge >= 0.3 is 0 Å². The lowest BCUT2D eigenvalue weighted by atomic mass is 9.80. The maximum Gasteiger partial charge on any atom is 0.0646 e. The van der Waals surface area contributed by atoms with Crippen molar-refractivity contribution in [3.63, 3.8) is 0 Å². The smallest absolute Gasteiger partial charge is 0.0646 e. The molecule has 0 unspecified atom stereocenters. The fourth-order valence-electron chi connectivity index (χ4n) is 3.31. The predicted octanol–water partition coefficient (Wildman–Crippen LogP) is 6.59. The van der Waals surface area contributed by atoms with Crippen LogP contribution >= 0.6 is 22.9 Å². The van der Waals surface area contributed by atoms with E-state index in [0.29, 0.717) is 0 Å². The summed E-state index contributed by atoms with van der Waals surface area (Å²) in [5.41, 5.74) is 5.77. The van der Waals surface area contributed by atoms with Crippen LogP contribution in [0.1, 0.15) is 52.7 Å². The van der Waals surface area contributed by atoms with Gasteiger partial charge < -0.3 is 0 Å². The summed E-state index contributed by atoms with van der Waals surface area (Å²) >= 11 is 2.44. The Kier molecular flexibility index (Phi) is 3.59. The van der Waals surface area contributed by atoms with Crippen LogP contribution in [0.5, 0.6) is 0 Å². The number of benzene rings is 2. The molecule has 1 nitrogen and oxygen atoms in total. The second-order valence-corrected chi connectivity index (χ2v) is 9.15. The van der Waals surface area contributed by atoms with Crippen LogP contribution in [-0.4, -0.2) is 2.78 Å². The Morgan fingerprint density at radius 2 is 1.05 bits per heavy atom. The van der Waals surface area contributed by atoms with Crippen LogP contribution in [0.25, 0.3) is 21.8 Å². The van der Waals surface area contributed by atoms with E-state index in [0.717, 1.165) is 0 Å². The summed E-state index contributed by atoms with van der Waals surface area (Å²) in [6.45, 7) is 13.8. The molecule has 0 saturated carbocycles. The minimum atomic E-state index is 0.134. The van der Waals surface area contributed by atoms with Crippen molar-refractivity contribution >= 4 is 44.7 Å². The Balaban J connectivity index is 2.62. The second-order valence-electron chi connectivity index (χ2n) is 8.18. The van der Waals surface area contributed by atoms with Crippen LogP contribution < -0.4 is 0 Å². The molecule has 1 aromatic heterocycles. The lowest BCUT2D eigenvalue weighted by molar-refractivity contribution is 0.592. The van der Waals surface area contributed by atoms with E-state index in [1.54, 1.807) is 0 Å². The number of hydrogen-bond donors (Lipinski definition) is 0. The molecule has 0 radical (unpaired) electrons. The highest BCUT2D eigenvalue weighted by atomic mass is 127. The van der Waals surface area contributed by atoms with Crippen LogP contribution in [0.4, 0.5) is 0 Å². The molecule has 2 heteroatoms. The fraction of sp³-hybridized carbons (Fsp3) is 0.400. The molecule has 1 heterocycles. The van der Waals surface area contributed by atoms with Gasteiger partial charge in [0.05, 0.1) is 33.9 Å². The van der Waals surface area contributed by atoms with Crippen molar-refractivity contribution in [3.05, 3.63) is 47.5 Å². The van der Waals surface area contributed by atoms with Crippen molar-refractivity contribution in [2.75, 3.05) is 0 Å². The molecule has 22 heavy (non-hydrogen) atoms. The van der Waals surface area contributed by atoms with E-state index in [4.69, 9.17) is 0 Å². The van der Waals surface area contributed by atoms with Gasteiger partial charge in [-0.2, -0.15) is 0 Å². The Hall–Kier alpha value is -1.03. The van der Waals surface area contributed by atoms with E-state index < -0.39 is 0 Å². The monoisotopic (exact) mass is 405 g/mol. The Labute approximate surface area is 147 Å². The highest BCUT2D eigenvalue weighted by Gasteiger charge is 2.25. The van der Waals surface area contributed by atoms with Gasteiger partial charge in [0.25, 0.3) is 0 Å². The van der Waals surface area contributed by atoms with E-state index in [-0.39, 0.29) is 10.8 Å². The number of nitrogens with zero attached hydrogens (tertiary/aromatic N) is 1. The molecule has 3 rings (SSSR count). The van der Waals surface area contributed by atoms with Crippen LogP contribution in [0, 0.1) is 0 Å². The van der Waals surface area contributed by atoms with Crippen LogP contribution in [0.2, 0.25) is 0 Å². The molecule has 0 amide bonds. The van der Waals surface area contributed by atoms with Gasteiger partial charge in [-0.05, 0) is 34.1 Å². The average Bonchev–Trinajstić information content (AvgIpc) is 2.71. The first-order chi connectivity index (χ1) is 10.1. The topological polar surface area (TPSA) is 4.93 Å². The SMILES string of the molecule is CC(C)(C)c1cccc2c1c1c(C(C)(C)C)cccc1n2I. The average molecular weight is 405 g/mol. The van der Waals surface area contributed by atoms with Crippen molar-refractivity contribution in [3.8, 4) is 0 Å². The molecule has 0 saturated heterocycles. The number of hydrogen-bond acceptors (Lipinski definition) is 0. The van der Waals surface area contributed by atoms with E-state index in [1.807, 2.05) is 0 Å². The number of rotatable bonds is 0. The summed E-state index contributed by atoms with van der Waals surface area (Å²) in [6.07, 6.45) is 0. The summed E-state index contributed by atoms with van der Waals surface area (Å²) in [6, 6.07) is 13.4. The first-order valence-corrected chi connectivity index (χ1v) is 8.82. The lowest BCUT2D eigenvalue weighted by Gasteiger charge is -2.23. The van der Waals surface area contributed by atoms with E-state index >= 15 is 0 Å². The summed E-state index contributed by atoms with van der Waals surface area (Å²) in [5, 5.41) is 2.84. The lowest BCUT2D eigenvalue weighted by Crippen LogP contribution is -2.13. The van der Waals surface area contributed by atoms with E-state index in [2.05, 4.69) is 104 Å². The first-order valence-electron chi connectivity index (χ1n) is 7.85. The zero-order valence-electron chi connectivity index (χ0n) is 14.3. The largest absolute Gasteiger partial charge is 0.282 e. The molecule has 116 valence electrons. The Morgan fingerprint density at radius 1 is 0.682 bits per heavy atom. The van der Waals surface area contributed by atoms with Crippen molar-refractivity contribution in [1.82, 2.24) is 2.78 Å². The van der Waals surface area contributed by atoms with Crippen LogP contribution in [0.3, 0.4) is 0 Å². The van der Waals surface area contributed by atoms with Crippen molar-refractivity contribution < 1.29 is 0 Å². The molecule has 0 fully saturated rings. The molecule has 0 atom stereocenters. The molecule has 0 aliphatic heterocycles. The maximum atomic E-state index is 2.44. The van der Waals surface area contributed by atoms with Gasteiger partial charge in [-0.3, -0.25) is 2.78 Å². The quantitative estimate of drug-likeness (QED) is 0.372. The minimum Gasteiger partial charge on any atom is -0.282 e. The Bertz CT molecular complexity index is 786. The molecule has 0 aliphatic rings. The van der Waals surface area contributed by atoms with Crippen molar-refractivity contribution in [2.45, 2.75) is 52.4 Å². The third kappa shape index (κ3) is 2.36. The first kappa shape index (κ1) is 15.9. The van der Waals surface area contributed by atoms with Crippen LogP contribution in [0.15, 0.2) is 36.4 Å². The van der Waals surface area contributed by atoms with Crippen LogP contribution in [-0.2, 0) is 10.8 Å². The van der Waals surface area contributed by atoms with Gasteiger partial charge in [-0.1, -0.05) is 65.8 Å².